The first-order chi connectivity index (χ1) is 10.5. The Balaban J connectivity index is 1.80. The molecule has 0 aliphatic carbocycles. The fourth-order valence-electron chi connectivity index (χ4n) is 2.44. The van der Waals surface area contributed by atoms with E-state index in [-0.39, 0.29) is 13.0 Å². The molecule has 1 aromatic rings. The molecular weight excluding hydrogens is 290 g/mol. The summed E-state index contributed by atoms with van der Waals surface area (Å²) in [5.74, 6) is -1.89. The molecule has 0 spiro atoms. The van der Waals surface area contributed by atoms with Crippen LogP contribution in [0.15, 0.2) is 12.5 Å². The zero-order valence-electron chi connectivity index (χ0n) is 12.0. The molecule has 5 N–H and O–H groups in total. The average Bonchev–Trinajstić information content (AvgIpc) is 3.14. The molecule has 1 aliphatic heterocycles. The molecule has 0 saturated carbocycles. The third-order valence-corrected chi connectivity index (χ3v) is 3.60. The number of carbonyl (C=O) groups excluding carboxylic acids is 2. The highest BCUT2D eigenvalue weighted by Crippen LogP contribution is 2.17. The topological polar surface area (TPSA) is 141 Å². The van der Waals surface area contributed by atoms with Gasteiger partial charge in [0, 0.05) is 24.9 Å². The van der Waals surface area contributed by atoms with E-state index in [1.807, 2.05) is 0 Å². The zero-order chi connectivity index (χ0) is 16.1. The van der Waals surface area contributed by atoms with Gasteiger partial charge in [0.2, 0.25) is 11.8 Å². The van der Waals surface area contributed by atoms with E-state index in [0.29, 0.717) is 19.4 Å². The van der Waals surface area contributed by atoms with E-state index in [1.165, 1.54) is 11.2 Å². The number of aromatic nitrogens is 2. The zero-order valence-corrected chi connectivity index (χ0v) is 12.0. The van der Waals surface area contributed by atoms with Crippen molar-refractivity contribution in [3.05, 3.63) is 18.2 Å². The van der Waals surface area contributed by atoms with Crippen LogP contribution in [-0.2, 0) is 20.8 Å². The molecule has 9 nitrogen and oxygen atoms in total. The Kier molecular flexibility index (Phi) is 5.10. The fraction of sp³-hybridized carbons (Fsp3) is 0.538. The molecule has 9 heteroatoms. The van der Waals surface area contributed by atoms with Crippen LogP contribution in [0.1, 0.15) is 18.5 Å². The first-order valence-electron chi connectivity index (χ1n) is 7.02. The summed E-state index contributed by atoms with van der Waals surface area (Å²) in [6, 6.07) is -1.61. The van der Waals surface area contributed by atoms with E-state index >= 15 is 0 Å². The van der Waals surface area contributed by atoms with E-state index in [2.05, 4.69) is 15.3 Å². The Morgan fingerprint density at radius 2 is 2.32 bits per heavy atom. The molecule has 0 bridgehead atoms. The fourth-order valence-corrected chi connectivity index (χ4v) is 2.44. The van der Waals surface area contributed by atoms with Crippen LogP contribution in [0.5, 0.6) is 0 Å². The van der Waals surface area contributed by atoms with Crippen LogP contribution in [-0.4, -0.2) is 62.9 Å². The number of nitrogens with one attached hydrogen (secondary N) is 2. The van der Waals surface area contributed by atoms with Crippen LogP contribution < -0.4 is 11.1 Å². The lowest BCUT2D eigenvalue weighted by atomic mass is 10.1. The van der Waals surface area contributed by atoms with Gasteiger partial charge in [-0.05, 0) is 12.8 Å². The minimum atomic E-state index is -1.02. The van der Waals surface area contributed by atoms with Crippen molar-refractivity contribution in [2.24, 2.45) is 5.73 Å². The van der Waals surface area contributed by atoms with Gasteiger partial charge in [0.25, 0.3) is 0 Å². The second-order valence-electron chi connectivity index (χ2n) is 5.19. The van der Waals surface area contributed by atoms with Crippen LogP contribution in [0.3, 0.4) is 0 Å². The van der Waals surface area contributed by atoms with Gasteiger partial charge in [0.15, 0.2) is 0 Å². The van der Waals surface area contributed by atoms with Crippen molar-refractivity contribution in [3.8, 4) is 0 Å². The molecule has 2 unspecified atom stereocenters. The highest BCUT2D eigenvalue weighted by atomic mass is 16.4. The predicted octanol–water partition coefficient (Wildman–Crippen LogP) is -1.53. The number of carboxylic acid groups (broad SMARTS) is 1. The van der Waals surface area contributed by atoms with Gasteiger partial charge in [0.1, 0.15) is 6.04 Å². The van der Waals surface area contributed by atoms with Gasteiger partial charge in [-0.3, -0.25) is 9.59 Å². The third kappa shape index (κ3) is 3.82. The molecule has 22 heavy (non-hydrogen) atoms. The average molecular weight is 309 g/mol. The second kappa shape index (κ2) is 7.03. The summed E-state index contributed by atoms with van der Waals surface area (Å²) in [5.41, 5.74) is 6.47. The first kappa shape index (κ1) is 16.0. The van der Waals surface area contributed by atoms with Crippen molar-refractivity contribution in [3.63, 3.8) is 0 Å². The molecule has 1 aliphatic rings. The Hall–Kier alpha value is -2.42. The summed E-state index contributed by atoms with van der Waals surface area (Å²) in [6.45, 7) is 0.144. The van der Waals surface area contributed by atoms with Gasteiger partial charge < -0.3 is 26.0 Å². The highest BCUT2D eigenvalue weighted by molar-refractivity contribution is 5.89. The molecule has 1 aromatic heterocycles. The second-order valence-corrected chi connectivity index (χ2v) is 5.19. The molecule has 0 radical (unpaired) electrons. The molecule has 0 aromatic carbocycles. The molecule has 2 amide bonds. The van der Waals surface area contributed by atoms with E-state index < -0.39 is 29.9 Å². The largest absolute Gasteiger partial charge is 0.480 e. The summed E-state index contributed by atoms with van der Waals surface area (Å²) >= 11 is 0. The maximum absolute atomic E-state index is 12.0. The van der Waals surface area contributed by atoms with E-state index in [4.69, 9.17) is 10.8 Å². The number of aliphatic carboxylic acids is 1. The van der Waals surface area contributed by atoms with Crippen molar-refractivity contribution >= 4 is 17.8 Å². The van der Waals surface area contributed by atoms with Crippen LogP contribution in [0.25, 0.3) is 0 Å². The SMILES string of the molecule is NC(Cc1cnc[nH]1)C(=O)NCC(=O)N1CCCC1C(=O)O. The van der Waals surface area contributed by atoms with Gasteiger partial charge in [-0.1, -0.05) is 0 Å². The molecule has 2 atom stereocenters. The highest BCUT2D eigenvalue weighted by Gasteiger charge is 2.33. The number of aromatic amines is 1. The minimum Gasteiger partial charge on any atom is -0.480 e. The Morgan fingerprint density at radius 3 is 2.95 bits per heavy atom. The number of H-pyrrole nitrogens is 1. The van der Waals surface area contributed by atoms with Gasteiger partial charge >= 0.3 is 5.97 Å². The van der Waals surface area contributed by atoms with Crippen LogP contribution in [0, 0.1) is 0 Å². The van der Waals surface area contributed by atoms with Crippen molar-refractivity contribution < 1.29 is 19.5 Å². The van der Waals surface area contributed by atoms with E-state index in [1.54, 1.807) is 6.20 Å². The molecule has 120 valence electrons. The molecule has 1 saturated heterocycles. The Labute approximate surface area is 126 Å². The quantitative estimate of drug-likeness (QED) is 0.502. The molecular formula is C13H19N5O4. The third-order valence-electron chi connectivity index (χ3n) is 3.60. The van der Waals surface area contributed by atoms with E-state index in [9.17, 15) is 14.4 Å². The number of nitrogens with zero attached hydrogens (tertiary/aromatic N) is 2. The number of likely N-dealkylation sites (tertiary alicyclic amines) is 1. The predicted molar refractivity (Wildman–Crippen MR) is 75.6 cm³/mol. The standard InChI is InChI=1S/C13H19N5O4/c14-9(4-8-5-15-7-17-8)12(20)16-6-11(19)18-3-1-2-10(18)13(21)22/h5,7,9-10H,1-4,6,14H2,(H,15,17)(H,16,20)(H,21,22). The number of amides is 2. The normalized spacial score (nSPS) is 19.0. The number of nitrogens with two attached hydrogens (primary N) is 1. The number of imidazole rings is 1. The number of hydrogen-bond donors (Lipinski definition) is 4. The minimum absolute atomic E-state index is 0.251. The van der Waals surface area contributed by atoms with E-state index in [0.717, 1.165) is 5.69 Å². The number of rotatable bonds is 6. The van der Waals surface area contributed by atoms with Crippen LogP contribution in [0.4, 0.5) is 0 Å². The molecule has 2 rings (SSSR count). The summed E-state index contributed by atoms with van der Waals surface area (Å²) in [4.78, 5) is 42.8. The summed E-state index contributed by atoms with van der Waals surface area (Å²) in [7, 11) is 0. The smallest absolute Gasteiger partial charge is 0.326 e. The monoisotopic (exact) mass is 309 g/mol. The van der Waals surface area contributed by atoms with Crippen molar-refractivity contribution in [2.45, 2.75) is 31.3 Å². The molecule has 1 fully saturated rings. The van der Waals surface area contributed by atoms with Gasteiger partial charge in [-0.15, -0.1) is 0 Å². The first-order valence-corrected chi connectivity index (χ1v) is 7.02. The Bertz CT molecular complexity index is 545. The lowest BCUT2D eigenvalue weighted by molar-refractivity contribution is -0.148. The maximum Gasteiger partial charge on any atom is 0.326 e. The number of carbonyl (C=O) groups is 3. The van der Waals surface area contributed by atoms with Gasteiger partial charge in [-0.25, -0.2) is 9.78 Å². The lowest BCUT2D eigenvalue weighted by Gasteiger charge is -2.22. The number of hydrogen-bond acceptors (Lipinski definition) is 5. The number of carboxylic acids is 1. The molecule has 2 heterocycles. The van der Waals surface area contributed by atoms with Crippen molar-refractivity contribution in [1.82, 2.24) is 20.2 Å². The maximum atomic E-state index is 12.0. The summed E-state index contributed by atoms with van der Waals surface area (Å²) < 4.78 is 0. The summed E-state index contributed by atoms with van der Waals surface area (Å²) in [5, 5.41) is 11.5. The Morgan fingerprint density at radius 1 is 1.55 bits per heavy atom. The van der Waals surface area contributed by atoms with Crippen molar-refractivity contribution in [2.75, 3.05) is 13.1 Å². The van der Waals surface area contributed by atoms with Crippen molar-refractivity contribution in [1.29, 1.82) is 0 Å². The van der Waals surface area contributed by atoms with Gasteiger partial charge in [0.05, 0.1) is 18.9 Å². The van der Waals surface area contributed by atoms with Gasteiger partial charge in [-0.2, -0.15) is 0 Å². The summed E-state index contributed by atoms with van der Waals surface area (Å²) in [6.07, 6.45) is 4.43. The van der Waals surface area contributed by atoms with Crippen LogP contribution in [0.2, 0.25) is 0 Å². The lowest BCUT2D eigenvalue weighted by Crippen LogP contribution is -2.49. The van der Waals surface area contributed by atoms with Crippen LogP contribution >= 0.6 is 0 Å².